The number of unbranched alkanes of at least 4 members (excludes halogenated alkanes) is 2. The zero-order valence-corrected chi connectivity index (χ0v) is 16.0. The van der Waals surface area contributed by atoms with Crippen LogP contribution >= 0.6 is 0 Å². The van der Waals surface area contributed by atoms with Crippen molar-refractivity contribution in [1.82, 2.24) is 4.90 Å². The molecular weight excluding hydrogens is 296 g/mol. The van der Waals surface area contributed by atoms with Gasteiger partial charge in [-0.1, -0.05) is 58.7 Å². The molecule has 134 valence electrons. The Morgan fingerprint density at radius 1 is 0.958 bits per heavy atom. The summed E-state index contributed by atoms with van der Waals surface area (Å²) in [4.78, 5) is 7.61. The molecule has 0 N–H and O–H groups in total. The molecule has 0 saturated carbocycles. The van der Waals surface area contributed by atoms with Crippen LogP contribution in [0.1, 0.15) is 71.8 Å². The van der Waals surface area contributed by atoms with Gasteiger partial charge in [-0.2, -0.15) is 0 Å². The Morgan fingerprint density at radius 3 is 2.17 bits per heavy atom. The number of nitrogens with zero attached hydrogens (tertiary/aromatic N) is 2. The molecule has 3 nitrogen and oxygen atoms in total. The predicted octanol–water partition coefficient (Wildman–Crippen LogP) is 5.40. The zero-order chi connectivity index (χ0) is 17.4. The molecule has 1 aliphatic heterocycles. The first-order chi connectivity index (χ1) is 11.7. The van der Waals surface area contributed by atoms with E-state index in [0.29, 0.717) is 0 Å². The fraction of sp³-hybridized carbons (Fsp3) is 0.667. The van der Waals surface area contributed by atoms with Crippen LogP contribution in [0.15, 0.2) is 29.3 Å². The molecule has 0 fully saturated rings. The Kier molecular flexibility index (Phi) is 7.29. The monoisotopic (exact) mass is 330 g/mol. The summed E-state index contributed by atoms with van der Waals surface area (Å²) in [5, 5.41) is 0. The van der Waals surface area contributed by atoms with Gasteiger partial charge >= 0.3 is 0 Å². The van der Waals surface area contributed by atoms with Gasteiger partial charge in [-0.3, -0.25) is 4.90 Å². The van der Waals surface area contributed by atoms with E-state index in [0.717, 1.165) is 44.1 Å². The lowest BCUT2D eigenvalue weighted by molar-refractivity contribution is 0.276. The van der Waals surface area contributed by atoms with Gasteiger partial charge in [0.05, 0.1) is 12.1 Å². The lowest BCUT2D eigenvalue weighted by Gasteiger charge is -2.35. The average molecular weight is 331 g/mol. The standard InChI is InChI=1S/C21H34N2O/c1-5-9-15-23(16-10-6-2)17-20-22-21(7-3,8-4)18-13-11-12-14-19(18)24-20/h11-14H,5-10,15-17H2,1-4H3. The zero-order valence-electron chi connectivity index (χ0n) is 16.0. The van der Waals surface area contributed by atoms with Crippen molar-refractivity contribution in [3.8, 4) is 5.75 Å². The maximum absolute atomic E-state index is 6.19. The van der Waals surface area contributed by atoms with Gasteiger partial charge in [0.25, 0.3) is 0 Å². The van der Waals surface area contributed by atoms with E-state index in [-0.39, 0.29) is 5.54 Å². The Hall–Kier alpha value is -1.35. The summed E-state index contributed by atoms with van der Waals surface area (Å²) in [5.41, 5.74) is 1.12. The summed E-state index contributed by atoms with van der Waals surface area (Å²) in [6.07, 6.45) is 6.95. The van der Waals surface area contributed by atoms with Crippen LogP contribution in [0.3, 0.4) is 0 Å². The fourth-order valence-electron chi connectivity index (χ4n) is 3.47. The molecule has 2 rings (SSSR count). The van der Waals surface area contributed by atoms with Gasteiger partial charge < -0.3 is 4.74 Å². The van der Waals surface area contributed by atoms with Crippen molar-refractivity contribution in [2.75, 3.05) is 19.6 Å². The van der Waals surface area contributed by atoms with Gasteiger partial charge in [0, 0.05) is 5.56 Å². The molecule has 0 spiro atoms. The summed E-state index contributed by atoms with van der Waals surface area (Å²) in [5.74, 6) is 1.89. The first-order valence-corrected chi connectivity index (χ1v) is 9.77. The molecule has 3 heteroatoms. The van der Waals surface area contributed by atoms with E-state index in [4.69, 9.17) is 9.73 Å². The van der Waals surface area contributed by atoms with E-state index in [9.17, 15) is 0 Å². The number of rotatable bonds is 10. The van der Waals surface area contributed by atoms with Crippen LogP contribution in [-0.2, 0) is 5.54 Å². The third-order valence-corrected chi connectivity index (χ3v) is 5.14. The SMILES string of the molecule is CCCCN(CCCC)CC1=NC(CC)(CC)c2ccccc2O1. The van der Waals surface area contributed by atoms with Crippen LogP contribution in [0.2, 0.25) is 0 Å². The molecule has 0 unspecified atom stereocenters. The second kappa shape index (κ2) is 9.22. The van der Waals surface area contributed by atoms with Gasteiger partial charge in [0.2, 0.25) is 5.90 Å². The summed E-state index contributed by atoms with van der Waals surface area (Å²) in [6, 6.07) is 8.42. The van der Waals surface area contributed by atoms with E-state index in [1.54, 1.807) is 0 Å². The molecule has 1 aliphatic rings. The van der Waals surface area contributed by atoms with Gasteiger partial charge in [-0.15, -0.1) is 0 Å². The topological polar surface area (TPSA) is 24.8 Å². The first-order valence-electron chi connectivity index (χ1n) is 9.77. The fourth-order valence-corrected chi connectivity index (χ4v) is 3.47. The molecule has 0 aromatic heterocycles. The molecule has 1 heterocycles. The van der Waals surface area contributed by atoms with E-state index >= 15 is 0 Å². The third kappa shape index (κ3) is 4.38. The highest BCUT2D eigenvalue weighted by molar-refractivity contribution is 5.83. The Balaban J connectivity index is 2.21. The minimum absolute atomic E-state index is 0.120. The minimum Gasteiger partial charge on any atom is -0.442 e. The van der Waals surface area contributed by atoms with Crippen molar-refractivity contribution in [1.29, 1.82) is 0 Å². The van der Waals surface area contributed by atoms with Crippen molar-refractivity contribution in [3.05, 3.63) is 29.8 Å². The maximum atomic E-state index is 6.19. The van der Waals surface area contributed by atoms with Crippen LogP contribution < -0.4 is 4.74 Å². The predicted molar refractivity (Wildman–Crippen MR) is 103 cm³/mol. The second-order valence-corrected chi connectivity index (χ2v) is 6.83. The maximum Gasteiger partial charge on any atom is 0.205 e. The van der Waals surface area contributed by atoms with E-state index < -0.39 is 0 Å². The summed E-state index contributed by atoms with van der Waals surface area (Å²) < 4.78 is 6.19. The van der Waals surface area contributed by atoms with Crippen LogP contribution in [0, 0.1) is 0 Å². The second-order valence-electron chi connectivity index (χ2n) is 6.83. The average Bonchev–Trinajstić information content (AvgIpc) is 2.63. The van der Waals surface area contributed by atoms with Crippen molar-refractivity contribution in [2.24, 2.45) is 4.99 Å². The largest absolute Gasteiger partial charge is 0.442 e. The lowest BCUT2D eigenvalue weighted by atomic mass is 9.84. The minimum atomic E-state index is -0.120. The molecule has 1 aromatic rings. The number of aliphatic imine (C=N–C) groups is 1. The molecule has 0 saturated heterocycles. The molecule has 24 heavy (non-hydrogen) atoms. The smallest absolute Gasteiger partial charge is 0.205 e. The van der Waals surface area contributed by atoms with E-state index in [1.165, 1.54) is 31.2 Å². The molecule has 1 aromatic carbocycles. The highest BCUT2D eigenvalue weighted by Gasteiger charge is 2.35. The van der Waals surface area contributed by atoms with Crippen LogP contribution in [-0.4, -0.2) is 30.4 Å². The molecule has 0 aliphatic carbocycles. The summed E-state index contributed by atoms with van der Waals surface area (Å²) in [6.45, 7) is 12.1. The quantitative estimate of drug-likeness (QED) is 0.574. The van der Waals surface area contributed by atoms with Crippen molar-refractivity contribution in [2.45, 2.75) is 71.8 Å². The number of hydrogen-bond acceptors (Lipinski definition) is 3. The van der Waals surface area contributed by atoms with Crippen LogP contribution in [0.4, 0.5) is 0 Å². The summed E-state index contributed by atoms with van der Waals surface area (Å²) in [7, 11) is 0. The van der Waals surface area contributed by atoms with Gasteiger partial charge in [0.1, 0.15) is 5.75 Å². The number of para-hydroxylation sites is 1. The number of hydrogen-bond donors (Lipinski definition) is 0. The first kappa shape index (κ1) is 19.0. The Bertz CT molecular complexity index is 526. The highest BCUT2D eigenvalue weighted by Crippen LogP contribution is 2.41. The van der Waals surface area contributed by atoms with Gasteiger partial charge in [-0.05, 0) is 44.8 Å². The Morgan fingerprint density at radius 2 is 1.58 bits per heavy atom. The molecule has 0 bridgehead atoms. The highest BCUT2D eigenvalue weighted by atomic mass is 16.5. The molecule has 0 amide bonds. The number of fused-ring (bicyclic) bond motifs is 1. The molecule has 0 radical (unpaired) electrons. The molecular formula is C21H34N2O. The van der Waals surface area contributed by atoms with Crippen molar-refractivity contribution in [3.63, 3.8) is 0 Å². The molecule has 0 atom stereocenters. The van der Waals surface area contributed by atoms with Crippen molar-refractivity contribution < 1.29 is 4.74 Å². The van der Waals surface area contributed by atoms with E-state index in [1.807, 2.05) is 0 Å². The third-order valence-electron chi connectivity index (χ3n) is 5.14. The number of ether oxygens (including phenoxy) is 1. The number of benzene rings is 1. The van der Waals surface area contributed by atoms with Gasteiger partial charge in [-0.25, -0.2) is 4.99 Å². The van der Waals surface area contributed by atoms with Crippen molar-refractivity contribution >= 4 is 5.90 Å². The van der Waals surface area contributed by atoms with E-state index in [2.05, 4.69) is 56.9 Å². The normalized spacial score (nSPS) is 15.8. The van der Waals surface area contributed by atoms with Crippen LogP contribution in [0.5, 0.6) is 5.75 Å². The van der Waals surface area contributed by atoms with Crippen LogP contribution in [0.25, 0.3) is 0 Å². The Labute approximate surface area is 148 Å². The van der Waals surface area contributed by atoms with Gasteiger partial charge in [0.15, 0.2) is 0 Å². The summed E-state index contributed by atoms with van der Waals surface area (Å²) >= 11 is 0. The lowest BCUT2D eigenvalue weighted by Crippen LogP contribution is -2.39.